The Morgan fingerprint density at radius 2 is 2.30 bits per heavy atom. The van der Waals surface area contributed by atoms with Gasteiger partial charge in [-0.1, -0.05) is 6.92 Å². The quantitative estimate of drug-likeness (QED) is 0.596. The van der Waals surface area contributed by atoms with Crippen molar-refractivity contribution >= 4 is 0 Å². The van der Waals surface area contributed by atoms with E-state index in [4.69, 9.17) is 5.11 Å². The van der Waals surface area contributed by atoms with Crippen LogP contribution in [-0.2, 0) is 0 Å². The van der Waals surface area contributed by atoms with Crippen LogP contribution >= 0.6 is 0 Å². The molecule has 0 aliphatic carbocycles. The Balaban J connectivity index is 3.73. The highest BCUT2D eigenvalue weighted by Crippen LogP contribution is 1.96. The van der Waals surface area contributed by atoms with E-state index >= 15 is 0 Å². The minimum atomic E-state index is -0.239. The van der Waals surface area contributed by atoms with Crippen molar-refractivity contribution in [1.29, 1.82) is 0 Å². The zero-order valence-electron chi connectivity index (χ0n) is 7.02. The van der Waals surface area contributed by atoms with Gasteiger partial charge >= 0.3 is 0 Å². The smallest absolute Gasteiger partial charge is 0.0552 e. The maximum atomic E-state index is 8.86. The van der Waals surface area contributed by atoms with Crippen LogP contribution in [0.1, 0.15) is 33.6 Å². The van der Waals surface area contributed by atoms with Crippen molar-refractivity contribution in [3.63, 3.8) is 0 Å². The SMILES string of the molecule is CCC(C)=C=CCC(C)O. The lowest BCUT2D eigenvalue weighted by atomic mass is 10.2. The predicted molar refractivity (Wildman–Crippen MR) is 43.9 cm³/mol. The Bertz CT molecular complexity index is 139. The third-order valence-corrected chi connectivity index (χ3v) is 1.34. The minimum absolute atomic E-state index is 0.239. The summed E-state index contributed by atoms with van der Waals surface area (Å²) in [7, 11) is 0. The van der Waals surface area contributed by atoms with Gasteiger partial charge in [0.25, 0.3) is 0 Å². The summed E-state index contributed by atoms with van der Waals surface area (Å²) in [5.74, 6) is 0. The second-order valence-corrected chi connectivity index (χ2v) is 2.57. The molecule has 0 radical (unpaired) electrons. The van der Waals surface area contributed by atoms with Crippen molar-refractivity contribution in [3.05, 3.63) is 17.4 Å². The van der Waals surface area contributed by atoms with Crippen LogP contribution in [0.5, 0.6) is 0 Å². The largest absolute Gasteiger partial charge is 0.393 e. The summed E-state index contributed by atoms with van der Waals surface area (Å²) in [4.78, 5) is 0. The Labute approximate surface area is 63.1 Å². The second kappa shape index (κ2) is 5.28. The van der Waals surface area contributed by atoms with Gasteiger partial charge in [-0.15, -0.1) is 5.73 Å². The van der Waals surface area contributed by atoms with Crippen LogP contribution in [0, 0.1) is 0 Å². The van der Waals surface area contributed by atoms with E-state index in [2.05, 4.69) is 12.7 Å². The molecule has 0 spiro atoms. The number of rotatable bonds is 3. The summed E-state index contributed by atoms with van der Waals surface area (Å²) in [6.07, 6.45) is 3.40. The molecule has 0 aromatic carbocycles. The molecule has 0 heterocycles. The van der Waals surface area contributed by atoms with E-state index in [1.807, 2.05) is 13.0 Å². The lowest BCUT2D eigenvalue weighted by Crippen LogP contribution is -1.94. The highest BCUT2D eigenvalue weighted by atomic mass is 16.3. The molecule has 10 heavy (non-hydrogen) atoms. The topological polar surface area (TPSA) is 20.2 Å². The van der Waals surface area contributed by atoms with Crippen molar-refractivity contribution in [2.24, 2.45) is 0 Å². The van der Waals surface area contributed by atoms with Gasteiger partial charge in [0, 0.05) is 0 Å². The highest BCUT2D eigenvalue weighted by molar-refractivity contribution is 4.97. The Kier molecular flexibility index (Phi) is 5.00. The first kappa shape index (κ1) is 9.48. The monoisotopic (exact) mass is 140 g/mol. The fourth-order valence-corrected chi connectivity index (χ4v) is 0.506. The van der Waals surface area contributed by atoms with E-state index in [1.54, 1.807) is 6.92 Å². The van der Waals surface area contributed by atoms with Gasteiger partial charge in [-0.2, -0.15) is 0 Å². The average molecular weight is 140 g/mol. The Morgan fingerprint density at radius 1 is 1.70 bits per heavy atom. The van der Waals surface area contributed by atoms with Crippen LogP contribution in [0.3, 0.4) is 0 Å². The maximum absolute atomic E-state index is 8.86. The highest BCUT2D eigenvalue weighted by Gasteiger charge is 1.87. The molecule has 0 rings (SSSR count). The lowest BCUT2D eigenvalue weighted by molar-refractivity contribution is 0.198. The van der Waals surface area contributed by atoms with Crippen molar-refractivity contribution in [2.75, 3.05) is 0 Å². The van der Waals surface area contributed by atoms with Gasteiger partial charge in [0.05, 0.1) is 6.10 Å². The lowest BCUT2D eigenvalue weighted by Gasteiger charge is -1.93. The summed E-state index contributed by atoms with van der Waals surface area (Å²) in [6.45, 7) is 5.91. The van der Waals surface area contributed by atoms with Crippen LogP contribution in [0.25, 0.3) is 0 Å². The number of aliphatic hydroxyl groups excluding tert-OH is 1. The molecule has 0 aliphatic heterocycles. The van der Waals surface area contributed by atoms with Crippen molar-refractivity contribution in [1.82, 2.24) is 0 Å². The summed E-state index contributed by atoms with van der Waals surface area (Å²) in [5.41, 5.74) is 4.33. The van der Waals surface area contributed by atoms with Gasteiger partial charge in [-0.3, -0.25) is 0 Å². The third-order valence-electron chi connectivity index (χ3n) is 1.34. The van der Waals surface area contributed by atoms with E-state index in [0.29, 0.717) is 6.42 Å². The first-order valence-electron chi connectivity index (χ1n) is 3.75. The molecule has 0 aromatic rings. The van der Waals surface area contributed by atoms with Crippen LogP contribution in [0.2, 0.25) is 0 Å². The van der Waals surface area contributed by atoms with Gasteiger partial charge in [-0.05, 0) is 38.3 Å². The molecule has 0 aromatic heterocycles. The van der Waals surface area contributed by atoms with Gasteiger partial charge in [0.15, 0.2) is 0 Å². The van der Waals surface area contributed by atoms with Crippen LogP contribution in [-0.4, -0.2) is 11.2 Å². The first-order valence-corrected chi connectivity index (χ1v) is 3.75. The predicted octanol–water partition coefficient (Wildman–Crippen LogP) is 2.27. The van der Waals surface area contributed by atoms with Gasteiger partial charge in [0.1, 0.15) is 0 Å². The van der Waals surface area contributed by atoms with E-state index in [-0.39, 0.29) is 6.10 Å². The van der Waals surface area contributed by atoms with E-state index in [1.165, 1.54) is 5.57 Å². The van der Waals surface area contributed by atoms with Gasteiger partial charge < -0.3 is 5.11 Å². The molecule has 0 fully saturated rings. The van der Waals surface area contributed by atoms with Crippen LogP contribution in [0.15, 0.2) is 17.4 Å². The summed E-state index contributed by atoms with van der Waals surface area (Å²) < 4.78 is 0. The van der Waals surface area contributed by atoms with Crippen LogP contribution in [0.4, 0.5) is 0 Å². The molecule has 1 atom stereocenters. The molecular weight excluding hydrogens is 124 g/mol. The first-order chi connectivity index (χ1) is 4.66. The number of hydrogen-bond donors (Lipinski definition) is 1. The molecule has 0 bridgehead atoms. The fraction of sp³-hybridized carbons (Fsp3) is 0.667. The second-order valence-electron chi connectivity index (χ2n) is 2.57. The summed E-state index contributed by atoms with van der Waals surface area (Å²) in [5, 5.41) is 8.86. The molecule has 0 saturated carbocycles. The molecule has 0 saturated heterocycles. The fourth-order valence-electron chi connectivity index (χ4n) is 0.506. The molecular formula is C9H16O. The van der Waals surface area contributed by atoms with Gasteiger partial charge in [0.2, 0.25) is 0 Å². The molecule has 0 amide bonds. The normalized spacial score (nSPS) is 12.0. The van der Waals surface area contributed by atoms with E-state index < -0.39 is 0 Å². The third kappa shape index (κ3) is 5.61. The van der Waals surface area contributed by atoms with Crippen LogP contribution < -0.4 is 0 Å². The molecule has 0 aliphatic rings. The zero-order chi connectivity index (χ0) is 7.98. The number of aliphatic hydroxyl groups is 1. The minimum Gasteiger partial charge on any atom is -0.393 e. The summed E-state index contributed by atoms with van der Waals surface area (Å²) in [6, 6.07) is 0. The van der Waals surface area contributed by atoms with Crippen molar-refractivity contribution in [3.8, 4) is 0 Å². The standard InChI is InChI=1S/C9H16O/c1-4-8(2)6-5-7-9(3)10/h5,9-10H,4,7H2,1-3H3. The Hall–Kier alpha value is -0.520. The van der Waals surface area contributed by atoms with Crippen molar-refractivity contribution in [2.45, 2.75) is 39.7 Å². The average Bonchev–Trinajstić information content (AvgIpc) is 1.87. The molecule has 1 heteroatoms. The molecule has 1 N–H and O–H groups in total. The van der Waals surface area contributed by atoms with E-state index in [9.17, 15) is 0 Å². The maximum Gasteiger partial charge on any atom is 0.0552 e. The molecule has 1 nitrogen and oxygen atoms in total. The van der Waals surface area contributed by atoms with E-state index in [0.717, 1.165) is 6.42 Å². The number of hydrogen-bond acceptors (Lipinski definition) is 1. The zero-order valence-corrected chi connectivity index (χ0v) is 7.02. The molecule has 1 unspecified atom stereocenters. The Morgan fingerprint density at radius 3 is 2.70 bits per heavy atom. The molecule has 58 valence electrons. The van der Waals surface area contributed by atoms with Crippen molar-refractivity contribution < 1.29 is 5.11 Å². The van der Waals surface area contributed by atoms with Gasteiger partial charge in [-0.25, -0.2) is 0 Å². The summed E-state index contributed by atoms with van der Waals surface area (Å²) >= 11 is 0.